The van der Waals surface area contributed by atoms with E-state index in [4.69, 9.17) is 0 Å². The lowest BCUT2D eigenvalue weighted by atomic mass is 9.91. The Morgan fingerprint density at radius 2 is 1.84 bits per heavy atom. The number of amides is 3. The van der Waals surface area contributed by atoms with Gasteiger partial charge in [0.1, 0.15) is 5.71 Å². The Hall–Kier alpha value is -2.30. The minimum Gasteiger partial charge on any atom is -0.464 e. The Kier molecular flexibility index (Phi) is 4.35. The maximum absolute atomic E-state index is 13.1. The first-order valence-corrected chi connectivity index (χ1v) is 8.47. The second-order valence-electron chi connectivity index (χ2n) is 5.76. The molecule has 2 heterocycles. The number of hydrazone groups is 1. The van der Waals surface area contributed by atoms with Crippen LogP contribution in [0.3, 0.4) is 0 Å². The third-order valence-electron chi connectivity index (χ3n) is 4.18. The van der Waals surface area contributed by atoms with Crippen LogP contribution in [0.25, 0.3) is 0 Å². The van der Waals surface area contributed by atoms with Gasteiger partial charge in [0.05, 0.1) is 19.2 Å². The Morgan fingerprint density at radius 3 is 2.40 bits per heavy atom. The van der Waals surface area contributed by atoms with Crippen molar-refractivity contribution in [2.75, 3.05) is 12.0 Å². The summed E-state index contributed by atoms with van der Waals surface area (Å²) in [6.07, 6.45) is -0.383. The molecule has 3 rings (SSSR count). The summed E-state index contributed by atoms with van der Waals surface area (Å²) < 4.78 is 5.59. The third-order valence-corrected chi connectivity index (χ3v) is 4.90. The number of halogens is 1. The molecule has 130 valence electrons. The molecular formula is C16H14IN3O5. The fourth-order valence-corrected chi connectivity index (χ4v) is 3.45. The Balaban J connectivity index is 2.01. The zero-order valence-corrected chi connectivity index (χ0v) is 15.6. The van der Waals surface area contributed by atoms with E-state index in [1.54, 1.807) is 24.3 Å². The summed E-state index contributed by atoms with van der Waals surface area (Å²) in [6.45, 7) is 1.23. The fourth-order valence-electron chi connectivity index (χ4n) is 3.09. The van der Waals surface area contributed by atoms with E-state index in [-0.39, 0.29) is 18.6 Å². The van der Waals surface area contributed by atoms with Gasteiger partial charge < -0.3 is 4.74 Å². The van der Waals surface area contributed by atoms with Crippen molar-refractivity contribution >= 4 is 57.7 Å². The summed E-state index contributed by atoms with van der Waals surface area (Å²) in [5, 5.41) is 4.88. The van der Waals surface area contributed by atoms with Gasteiger partial charge in [0.25, 0.3) is 5.91 Å². The highest BCUT2D eigenvalue weighted by molar-refractivity contribution is 14.1. The summed E-state index contributed by atoms with van der Waals surface area (Å²) in [4.78, 5) is 50.5. The minimum atomic E-state index is -1.50. The van der Waals surface area contributed by atoms with E-state index in [1.807, 2.05) is 0 Å². The molecule has 0 bridgehead atoms. The van der Waals surface area contributed by atoms with Gasteiger partial charge in [-0.05, 0) is 46.9 Å². The van der Waals surface area contributed by atoms with Crippen LogP contribution >= 0.6 is 22.6 Å². The lowest BCUT2D eigenvalue weighted by Gasteiger charge is -2.28. The molecule has 0 unspecified atom stereocenters. The number of hydrogen-bond donors (Lipinski definition) is 0. The number of ether oxygens (including phenoxy) is 1. The van der Waals surface area contributed by atoms with Crippen molar-refractivity contribution in [3.63, 3.8) is 0 Å². The minimum absolute atomic E-state index is 0.0525. The molecule has 1 fully saturated rings. The van der Waals surface area contributed by atoms with E-state index < -0.39 is 29.2 Å². The van der Waals surface area contributed by atoms with Crippen molar-refractivity contribution in [3.05, 3.63) is 27.8 Å². The number of benzene rings is 1. The van der Waals surface area contributed by atoms with Gasteiger partial charge in [0, 0.05) is 16.9 Å². The molecule has 0 N–H and O–H groups in total. The van der Waals surface area contributed by atoms with Crippen molar-refractivity contribution in [1.82, 2.24) is 5.01 Å². The standard InChI is InChI=1S/C16H14IN3O5/c1-9(21)20-16(7-12(18-20)14(23)25-2)8-13(22)19(15(16)24)11-5-3-10(17)4-6-11/h3-6H,7-8H2,1-2H3/t16-/m0/s1. The number of anilines is 1. The van der Waals surface area contributed by atoms with Crippen LogP contribution in [0.2, 0.25) is 0 Å². The van der Waals surface area contributed by atoms with E-state index in [2.05, 4.69) is 32.4 Å². The van der Waals surface area contributed by atoms with E-state index in [0.717, 1.165) is 13.5 Å². The molecule has 8 nitrogen and oxygen atoms in total. The molecule has 9 heteroatoms. The summed E-state index contributed by atoms with van der Waals surface area (Å²) in [7, 11) is 1.19. The second kappa shape index (κ2) is 6.21. The number of carbonyl (C=O) groups is 4. The van der Waals surface area contributed by atoms with Gasteiger partial charge >= 0.3 is 5.97 Å². The van der Waals surface area contributed by atoms with Crippen LogP contribution < -0.4 is 4.90 Å². The second-order valence-corrected chi connectivity index (χ2v) is 7.01. The predicted molar refractivity (Wildman–Crippen MR) is 95.6 cm³/mol. The lowest BCUT2D eigenvalue weighted by Crippen LogP contribution is -2.51. The van der Waals surface area contributed by atoms with Crippen molar-refractivity contribution in [1.29, 1.82) is 0 Å². The third kappa shape index (κ3) is 2.71. The van der Waals surface area contributed by atoms with Crippen molar-refractivity contribution in [2.24, 2.45) is 5.10 Å². The quantitative estimate of drug-likeness (QED) is 0.378. The summed E-state index contributed by atoms with van der Waals surface area (Å²) in [5.74, 6) is -2.27. The Morgan fingerprint density at radius 1 is 1.20 bits per heavy atom. The van der Waals surface area contributed by atoms with Crippen LogP contribution in [0.15, 0.2) is 29.4 Å². The first-order valence-electron chi connectivity index (χ1n) is 7.40. The van der Waals surface area contributed by atoms with Crippen molar-refractivity contribution in [2.45, 2.75) is 25.3 Å². The molecule has 0 aromatic heterocycles. The van der Waals surface area contributed by atoms with Crippen LogP contribution in [-0.2, 0) is 23.9 Å². The molecule has 1 aromatic carbocycles. The summed E-state index contributed by atoms with van der Waals surface area (Å²) in [6, 6.07) is 6.86. The number of hydrogen-bond acceptors (Lipinski definition) is 6. The maximum atomic E-state index is 13.1. The predicted octanol–water partition coefficient (Wildman–Crippen LogP) is 1.07. The highest BCUT2D eigenvalue weighted by Gasteiger charge is 2.61. The molecule has 0 saturated carbocycles. The van der Waals surface area contributed by atoms with Gasteiger partial charge in [-0.15, -0.1) is 0 Å². The zero-order chi connectivity index (χ0) is 18.4. The number of esters is 1. The molecular weight excluding hydrogens is 441 g/mol. The normalized spacial score (nSPS) is 22.6. The maximum Gasteiger partial charge on any atom is 0.354 e. The highest BCUT2D eigenvalue weighted by atomic mass is 127. The number of rotatable bonds is 2. The molecule has 1 saturated heterocycles. The first-order chi connectivity index (χ1) is 11.8. The summed E-state index contributed by atoms with van der Waals surface area (Å²) in [5.41, 5.74) is -1.14. The Labute approximate surface area is 156 Å². The van der Waals surface area contributed by atoms with Crippen LogP contribution in [0.4, 0.5) is 5.69 Å². The molecule has 1 spiro atoms. The van der Waals surface area contributed by atoms with Gasteiger partial charge in [-0.25, -0.2) is 14.7 Å². The smallest absolute Gasteiger partial charge is 0.354 e. The van der Waals surface area contributed by atoms with E-state index >= 15 is 0 Å². The van der Waals surface area contributed by atoms with Gasteiger partial charge in [0.15, 0.2) is 5.54 Å². The Bertz CT molecular complexity index is 820. The first kappa shape index (κ1) is 17.5. The van der Waals surface area contributed by atoms with E-state index in [9.17, 15) is 19.2 Å². The van der Waals surface area contributed by atoms with Gasteiger partial charge in [-0.2, -0.15) is 5.10 Å². The molecule has 2 aliphatic rings. The van der Waals surface area contributed by atoms with Crippen molar-refractivity contribution in [3.8, 4) is 0 Å². The van der Waals surface area contributed by atoms with Crippen LogP contribution in [-0.4, -0.2) is 47.1 Å². The highest BCUT2D eigenvalue weighted by Crippen LogP contribution is 2.40. The van der Waals surface area contributed by atoms with Gasteiger partial charge in [-0.3, -0.25) is 14.4 Å². The van der Waals surface area contributed by atoms with Crippen LogP contribution in [0.5, 0.6) is 0 Å². The van der Waals surface area contributed by atoms with E-state index in [0.29, 0.717) is 5.69 Å². The van der Waals surface area contributed by atoms with E-state index in [1.165, 1.54) is 14.0 Å². The lowest BCUT2D eigenvalue weighted by molar-refractivity contribution is -0.141. The molecule has 0 radical (unpaired) electrons. The SMILES string of the molecule is COC(=O)C1=NN(C(C)=O)[C@]2(CC(=O)N(c3ccc(I)cc3)C2=O)C1. The molecule has 1 aromatic rings. The van der Waals surface area contributed by atoms with Crippen LogP contribution in [0, 0.1) is 3.57 Å². The zero-order valence-electron chi connectivity index (χ0n) is 13.5. The van der Waals surface area contributed by atoms with Gasteiger partial charge in [0.2, 0.25) is 11.8 Å². The average molecular weight is 455 g/mol. The topological polar surface area (TPSA) is 96.3 Å². The molecule has 0 aliphatic carbocycles. The number of methoxy groups -OCH3 is 1. The molecule has 25 heavy (non-hydrogen) atoms. The fraction of sp³-hybridized carbons (Fsp3) is 0.312. The van der Waals surface area contributed by atoms with Crippen LogP contribution in [0.1, 0.15) is 19.8 Å². The molecule has 2 aliphatic heterocycles. The summed E-state index contributed by atoms with van der Waals surface area (Å²) >= 11 is 2.12. The largest absolute Gasteiger partial charge is 0.464 e. The number of carbonyl (C=O) groups excluding carboxylic acids is 4. The number of nitrogens with zero attached hydrogens (tertiary/aromatic N) is 3. The average Bonchev–Trinajstić information content (AvgIpc) is 3.07. The molecule has 3 amide bonds. The van der Waals surface area contributed by atoms with Gasteiger partial charge in [-0.1, -0.05) is 0 Å². The monoisotopic (exact) mass is 455 g/mol. The number of imide groups is 1. The van der Waals surface area contributed by atoms with Crippen molar-refractivity contribution < 1.29 is 23.9 Å². The molecule has 1 atom stereocenters.